The monoisotopic (exact) mass is 287 g/mol. The van der Waals surface area contributed by atoms with Gasteiger partial charge in [-0.15, -0.1) is 0 Å². The molecular formula is C17H21NO3. The van der Waals surface area contributed by atoms with Crippen LogP contribution >= 0.6 is 0 Å². The predicted molar refractivity (Wildman–Crippen MR) is 82.7 cm³/mol. The van der Waals surface area contributed by atoms with Crippen LogP contribution in [0.5, 0.6) is 11.5 Å². The molecule has 2 N–H and O–H groups in total. The van der Waals surface area contributed by atoms with Crippen molar-refractivity contribution >= 4 is 0 Å². The summed E-state index contributed by atoms with van der Waals surface area (Å²) in [5.74, 6) is 1.42. The van der Waals surface area contributed by atoms with Crippen molar-refractivity contribution in [3.8, 4) is 11.5 Å². The fourth-order valence-corrected chi connectivity index (χ4v) is 2.33. The molecule has 0 saturated carbocycles. The van der Waals surface area contributed by atoms with E-state index in [1.807, 2.05) is 48.5 Å². The maximum atomic E-state index is 6.39. The zero-order valence-electron chi connectivity index (χ0n) is 12.6. The van der Waals surface area contributed by atoms with Crippen LogP contribution in [0.2, 0.25) is 0 Å². The van der Waals surface area contributed by atoms with Crippen LogP contribution in [0.15, 0.2) is 48.5 Å². The maximum Gasteiger partial charge on any atom is 0.122 e. The van der Waals surface area contributed by atoms with E-state index in [0.29, 0.717) is 11.5 Å². The van der Waals surface area contributed by atoms with Gasteiger partial charge < -0.3 is 19.9 Å². The summed E-state index contributed by atoms with van der Waals surface area (Å²) in [6.07, 6.45) is -0.233. The zero-order valence-corrected chi connectivity index (χ0v) is 12.6. The number of methoxy groups -OCH3 is 3. The van der Waals surface area contributed by atoms with Gasteiger partial charge in [-0.3, -0.25) is 0 Å². The lowest BCUT2D eigenvalue weighted by Gasteiger charge is -2.24. The first kappa shape index (κ1) is 15.4. The van der Waals surface area contributed by atoms with Gasteiger partial charge >= 0.3 is 0 Å². The molecule has 2 unspecified atom stereocenters. The first-order valence-electron chi connectivity index (χ1n) is 6.76. The number of hydrogen-bond acceptors (Lipinski definition) is 4. The summed E-state index contributed by atoms with van der Waals surface area (Å²) >= 11 is 0. The van der Waals surface area contributed by atoms with E-state index in [9.17, 15) is 0 Å². The molecule has 0 radical (unpaired) electrons. The van der Waals surface area contributed by atoms with Gasteiger partial charge in [0, 0.05) is 13.2 Å². The highest BCUT2D eigenvalue weighted by molar-refractivity contribution is 5.40. The van der Waals surface area contributed by atoms with Crippen molar-refractivity contribution in [2.24, 2.45) is 5.73 Å². The van der Waals surface area contributed by atoms with Crippen LogP contribution < -0.4 is 15.2 Å². The molecule has 0 aliphatic carbocycles. The minimum absolute atomic E-state index is 0.233. The lowest BCUT2D eigenvalue weighted by molar-refractivity contribution is 0.0800. The summed E-state index contributed by atoms with van der Waals surface area (Å²) in [4.78, 5) is 0. The van der Waals surface area contributed by atoms with Crippen LogP contribution in [-0.4, -0.2) is 21.3 Å². The van der Waals surface area contributed by atoms with Gasteiger partial charge in [0.15, 0.2) is 0 Å². The Kier molecular flexibility index (Phi) is 5.20. The SMILES string of the molecule is COc1cc(OC)cc(C(N)C(OC)c2ccccc2)c1. The predicted octanol–water partition coefficient (Wildman–Crippen LogP) is 3.09. The van der Waals surface area contributed by atoms with Crippen molar-refractivity contribution in [2.75, 3.05) is 21.3 Å². The van der Waals surface area contributed by atoms with E-state index >= 15 is 0 Å². The lowest BCUT2D eigenvalue weighted by atomic mass is 9.96. The molecule has 4 nitrogen and oxygen atoms in total. The van der Waals surface area contributed by atoms with Crippen molar-refractivity contribution in [2.45, 2.75) is 12.1 Å². The summed E-state index contributed by atoms with van der Waals surface area (Å²) in [7, 11) is 4.90. The Bertz CT molecular complexity index is 549. The molecule has 0 heterocycles. The van der Waals surface area contributed by atoms with Crippen molar-refractivity contribution in [1.82, 2.24) is 0 Å². The van der Waals surface area contributed by atoms with E-state index in [2.05, 4.69) is 0 Å². The normalized spacial score (nSPS) is 13.5. The topological polar surface area (TPSA) is 53.7 Å². The second-order valence-electron chi connectivity index (χ2n) is 4.74. The van der Waals surface area contributed by atoms with Gasteiger partial charge in [-0.1, -0.05) is 30.3 Å². The Morgan fingerprint density at radius 1 is 0.810 bits per heavy atom. The summed E-state index contributed by atoms with van der Waals surface area (Å²) in [6, 6.07) is 15.2. The van der Waals surface area contributed by atoms with Crippen molar-refractivity contribution in [3.05, 3.63) is 59.7 Å². The molecule has 0 aliphatic rings. The second-order valence-corrected chi connectivity index (χ2v) is 4.74. The van der Waals surface area contributed by atoms with Crippen LogP contribution in [0, 0.1) is 0 Å². The number of hydrogen-bond donors (Lipinski definition) is 1. The van der Waals surface area contributed by atoms with Gasteiger partial charge in [0.25, 0.3) is 0 Å². The van der Waals surface area contributed by atoms with Crippen LogP contribution in [-0.2, 0) is 4.74 Å². The molecule has 0 aliphatic heterocycles. The standard InChI is InChI=1S/C17H21NO3/c1-19-14-9-13(10-15(11-14)20-2)16(18)17(21-3)12-7-5-4-6-8-12/h4-11,16-17H,18H2,1-3H3. The molecule has 0 saturated heterocycles. The van der Waals surface area contributed by atoms with Gasteiger partial charge in [0.05, 0.1) is 20.3 Å². The summed E-state index contributed by atoms with van der Waals surface area (Å²) in [6.45, 7) is 0. The first-order chi connectivity index (χ1) is 10.2. The molecule has 21 heavy (non-hydrogen) atoms. The van der Waals surface area contributed by atoms with Gasteiger partial charge in [-0.2, -0.15) is 0 Å². The highest BCUT2D eigenvalue weighted by Gasteiger charge is 2.22. The highest BCUT2D eigenvalue weighted by Crippen LogP contribution is 2.33. The Labute approximate surface area is 125 Å². The minimum Gasteiger partial charge on any atom is -0.497 e. The average Bonchev–Trinajstić information content (AvgIpc) is 2.55. The third-order valence-electron chi connectivity index (χ3n) is 3.47. The Balaban J connectivity index is 2.35. The van der Waals surface area contributed by atoms with E-state index in [1.54, 1.807) is 21.3 Å². The molecule has 0 bridgehead atoms. The number of rotatable bonds is 6. The molecule has 2 atom stereocenters. The molecule has 0 spiro atoms. The summed E-state index contributed by atoms with van der Waals surface area (Å²) in [5, 5.41) is 0. The van der Waals surface area contributed by atoms with Crippen LogP contribution in [0.25, 0.3) is 0 Å². The number of ether oxygens (including phenoxy) is 3. The molecule has 0 fully saturated rings. The van der Waals surface area contributed by atoms with Crippen molar-refractivity contribution in [1.29, 1.82) is 0 Å². The molecular weight excluding hydrogens is 266 g/mol. The largest absolute Gasteiger partial charge is 0.497 e. The van der Waals surface area contributed by atoms with E-state index in [4.69, 9.17) is 19.9 Å². The van der Waals surface area contributed by atoms with E-state index in [1.165, 1.54) is 0 Å². The molecule has 0 amide bonds. The third-order valence-corrected chi connectivity index (χ3v) is 3.47. The second kappa shape index (κ2) is 7.11. The lowest BCUT2D eigenvalue weighted by Crippen LogP contribution is -2.21. The van der Waals surface area contributed by atoms with Crippen LogP contribution in [0.3, 0.4) is 0 Å². The summed E-state index contributed by atoms with van der Waals surface area (Å²) < 4.78 is 16.2. The van der Waals surface area contributed by atoms with Crippen LogP contribution in [0.1, 0.15) is 23.3 Å². The van der Waals surface area contributed by atoms with Gasteiger partial charge in [0.1, 0.15) is 17.6 Å². The molecule has 2 rings (SSSR count). The quantitative estimate of drug-likeness (QED) is 0.887. The fraction of sp³-hybridized carbons (Fsp3) is 0.294. The molecule has 2 aromatic carbocycles. The average molecular weight is 287 g/mol. The number of nitrogens with two attached hydrogens (primary N) is 1. The fourth-order valence-electron chi connectivity index (χ4n) is 2.33. The van der Waals surface area contributed by atoms with Gasteiger partial charge in [-0.25, -0.2) is 0 Å². The third kappa shape index (κ3) is 3.54. The molecule has 4 heteroatoms. The van der Waals surface area contributed by atoms with Crippen molar-refractivity contribution in [3.63, 3.8) is 0 Å². The van der Waals surface area contributed by atoms with E-state index < -0.39 is 0 Å². The summed E-state index contributed by atoms with van der Waals surface area (Å²) in [5.41, 5.74) is 8.33. The minimum atomic E-state index is -0.318. The van der Waals surface area contributed by atoms with Gasteiger partial charge in [-0.05, 0) is 23.3 Å². The van der Waals surface area contributed by atoms with Crippen LogP contribution in [0.4, 0.5) is 0 Å². The molecule has 0 aromatic heterocycles. The first-order valence-corrected chi connectivity index (χ1v) is 6.76. The highest BCUT2D eigenvalue weighted by atomic mass is 16.5. The Morgan fingerprint density at radius 3 is 1.86 bits per heavy atom. The van der Waals surface area contributed by atoms with E-state index in [-0.39, 0.29) is 12.1 Å². The Hall–Kier alpha value is -2.04. The van der Waals surface area contributed by atoms with Crippen molar-refractivity contribution < 1.29 is 14.2 Å². The zero-order chi connectivity index (χ0) is 15.2. The van der Waals surface area contributed by atoms with E-state index in [0.717, 1.165) is 11.1 Å². The number of benzene rings is 2. The van der Waals surface area contributed by atoms with Gasteiger partial charge in [0.2, 0.25) is 0 Å². The molecule has 112 valence electrons. The smallest absolute Gasteiger partial charge is 0.122 e. The Morgan fingerprint density at radius 2 is 1.38 bits per heavy atom. The maximum absolute atomic E-state index is 6.39. The molecule has 2 aromatic rings.